The summed E-state index contributed by atoms with van der Waals surface area (Å²) < 4.78 is 5.20. The lowest BCUT2D eigenvalue weighted by molar-refractivity contribution is -0.123. The molecule has 2 heterocycles. The molecule has 3 aromatic rings. The van der Waals surface area contributed by atoms with Crippen molar-refractivity contribution in [1.29, 1.82) is 0 Å². The van der Waals surface area contributed by atoms with Crippen molar-refractivity contribution < 1.29 is 9.53 Å². The molecule has 1 amide bonds. The minimum atomic E-state index is -0.160. The number of carbonyl (C=O) groups is 1. The molecule has 7 nitrogen and oxygen atoms in total. The molecule has 0 saturated carbocycles. The lowest BCUT2D eigenvalue weighted by Crippen LogP contribution is -2.39. The van der Waals surface area contributed by atoms with Crippen LogP contribution >= 0.6 is 0 Å². The Morgan fingerprint density at radius 2 is 1.69 bits per heavy atom. The van der Waals surface area contributed by atoms with Crippen LogP contribution in [0, 0.1) is 5.92 Å². The van der Waals surface area contributed by atoms with Crippen LogP contribution in [0.5, 0.6) is 5.75 Å². The number of primary amides is 1. The summed E-state index contributed by atoms with van der Waals surface area (Å²) in [6, 6.07) is 16.2. The number of hydrogen-bond acceptors (Lipinski definition) is 6. The zero-order chi connectivity index (χ0) is 22.3. The lowest BCUT2D eigenvalue weighted by Gasteiger charge is -2.30. The van der Waals surface area contributed by atoms with Crippen LogP contribution in [-0.4, -0.2) is 47.5 Å². The Labute approximate surface area is 188 Å². The number of nitrogens with zero attached hydrogens (tertiary/aromatic N) is 3. The van der Waals surface area contributed by atoms with Crippen molar-refractivity contribution in [2.45, 2.75) is 19.3 Å². The van der Waals surface area contributed by atoms with Gasteiger partial charge in [0, 0.05) is 36.1 Å². The predicted molar refractivity (Wildman–Crippen MR) is 126 cm³/mol. The average Bonchev–Trinajstić information content (AvgIpc) is 2.84. The van der Waals surface area contributed by atoms with Gasteiger partial charge in [-0.1, -0.05) is 24.3 Å². The number of aromatic nitrogens is 2. The standard InChI is InChI=1S/C25H29N5O2/c1-32-23-8-4-19(5-9-23)21-16-27-25(28-17-21)29-22-6-2-18(3-7-22)10-13-30-14-11-20(12-15-30)24(26)31/h2-9,16-17,20H,10-15H2,1H3,(H2,26,31)(H,27,28,29). The highest BCUT2D eigenvalue weighted by molar-refractivity contribution is 5.76. The minimum Gasteiger partial charge on any atom is -0.497 e. The fourth-order valence-electron chi connectivity index (χ4n) is 3.94. The first-order valence-corrected chi connectivity index (χ1v) is 10.9. The van der Waals surface area contributed by atoms with E-state index in [1.807, 2.05) is 36.7 Å². The van der Waals surface area contributed by atoms with Crippen molar-refractivity contribution in [1.82, 2.24) is 14.9 Å². The van der Waals surface area contributed by atoms with Crippen LogP contribution in [0.25, 0.3) is 11.1 Å². The molecule has 4 rings (SSSR count). The van der Waals surface area contributed by atoms with E-state index in [4.69, 9.17) is 10.5 Å². The first-order valence-electron chi connectivity index (χ1n) is 10.9. The molecule has 0 bridgehead atoms. The monoisotopic (exact) mass is 431 g/mol. The smallest absolute Gasteiger partial charge is 0.227 e. The van der Waals surface area contributed by atoms with Crippen LogP contribution in [0.1, 0.15) is 18.4 Å². The Balaban J connectivity index is 1.27. The second-order valence-corrected chi connectivity index (χ2v) is 8.11. The third-order valence-corrected chi connectivity index (χ3v) is 5.99. The summed E-state index contributed by atoms with van der Waals surface area (Å²) in [7, 11) is 1.65. The van der Waals surface area contributed by atoms with Gasteiger partial charge >= 0.3 is 0 Å². The van der Waals surface area contributed by atoms with Gasteiger partial charge in [0.2, 0.25) is 11.9 Å². The fraction of sp³-hybridized carbons (Fsp3) is 0.320. The molecule has 0 radical (unpaired) electrons. The summed E-state index contributed by atoms with van der Waals surface area (Å²) in [4.78, 5) is 22.6. The maximum atomic E-state index is 11.3. The van der Waals surface area contributed by atoms with Crippen LogP contribution in [0.2, 0.25) is 0 Å². The molecule has 0 atom stereocenters. The van der Waals surface area contributed by atoms with Crippen molar-refractivity contribution in [3.05, 3.63) is 66.5 Å². The lowest BCUT2D eigenvalue weighted by atomic mass is 9.96. The number of likely N-dealkylation sites (tertiary alicyclic amines) is 1. The maximum Gasteiger partial charge on any atom is 0.227 e. The summed E-state index contributed by atoms with van der Waals surface area (Å²) in [6.07, 6.45) is 6.35. The van der Waals surface area contributed by atoms with Crippen LogP contribution in [-0.2, 0) is 11.2 Å². The molecule has 7 heteroatoms. The van der Waals surface area contributed by atoms with Gasteiger partial charge in [-0.25, -0.2) is 9.97 Å². The summed E-state index contributed by atoms with van der Waals surface area (Å²) in [5, 5.41) is 3.25. The Morgan fingerprint density at radius 1 is 1.03 bits per heavy atom. The number of amides is 1. The van der Waals surface area contributed by atoms with Gasteiger partial charge in [0.1, 0.15) is 5.75 Å². The topological polar surface area (TPSA) is 93.4 Å². The van der Waals surface area contributed by atoms with E-state index in [0.717, 1.165) is 61.5 Å². The van der Waals surface area contributed by atoms with E-state index in [1.165, 1.54) is 5.56 Å². The number of nitrogens with two attached hydrogens (primary N) is 1. The van der Waals surface area contributed by atoms with Gasteiger partial charge in [-0.05, 0) is 67.7 Å². The van der Waals surface area contributed by atoms with Gasteiger partial charge in [-0.3, -0.25) is 4.79 Å². The average molecular weight is 432 g/mol. The van der Waals surface area contributed by atoms with Crippen LogP contribution in [0.3, 0.4) is 0 Å². The largest absolute Gasteiger partial charge is 0.497 e. The number of nitrogens with one attached hydrogen (secondary N) is 1. The molecule has 1 fully saturated rings. The number of methoxy groups -OCH3 is 1. The minimum absolute atomic E-state index is 0.0455. The Kier molecular flexibility index (Phi) is 6.97. The third-order valence-electron chi connectivity index (χ3n) is 5.99. The van der Waals surface area contributed by atoms with E-state index in [9.17, 15) is 4.79 Å². The molecule has 166 valence electrons. The SMILES string of the molecule is COc1ccc(-c2cnc(Nc3ccc(CCN4CCC(C(N)=O)CC4)cc3)nc2)cc1. The molecule has 0 aliphatic carbocycles. The number of rotatable bonds is 8. The molecule has 2 aromatic carbocycles. The van der Waals surface area contributed by atoms with Gasteiger partial charge in [0.15, 0.2) is 0 Å². The molecule has 32 heavy (non-hydrogen) atoms. The van der Waals surface area contributed by atoms with E-state index < -0.39 is 0 Å². The summed E-state index contributed by atoms with van der Waals surface area (Å²) in [6.45, 7) is 2.88. The van der Waals surface area contributed by atoms with Gasteiger partial charge in [-0.15, -0.1) is 0 Å². The Bertz CT molecular complexity index is 1010. The number of piperidine rings is 1. The number of carbonyl (C=O) groups excluding carboxylic acids is 1. The number of hydrogen-bond donors (Lipinski definition) is 2. The van der Waals surface area contributed by atoms with Crippen LogP contribution in [0.4, 0.5) is 11.6 Å². The van der Waals surface area contributed by atoms with E-state index in [0.29, 0.717) is 5.95 Å². The first kappa shape index (κ1) is 21.8. The molecule has 1 aliphatic heterocycles. The molecule has 1 saturated heterocycles. The summed E-state index contributed by atoms with van der Waals surface area (Å²) in [5.41, 5.74) is 9.64. The van der Waals surface area contributed by atoms with Gasteiger partial charge in [0.05, 0.1) is 7.11 Å². The van der Waals surface area contributed by atoms with Crippen molar-refractivity contribution in [2.24, 2.45) is 11.7 Å². The summed E-state index contributed by atoms with van der Waals surface area (Å²) >= 11 is 0. The molecule has 3 N–H and O–H groups in total. The first-order chi connectivity index (χ1) is 15.6. The van der Waals surface area contributed by atoms with Crippen molar-refractivity contribution in [3.63, 3.8) is 0 Å². The zero-order valence-electron chi connectivity index (χ0n) is 18.3. The molecule has 1 aliphatic rings. The normalized spacial score (nSPS) is 14.8. The zero-order valence-corrected chi connectivity index (χ0v) is 18.3. The number of benzene rings is 2. The predicted octanol–water partition coefficient (Wildman–Crippen LogP) is 3.64. The van der Waals surface area contributed by atoms with Gasteiger partial charge in [0.25, 0.3) is 0 Å². The number of anilines is 2. The molecule has 0 spiro atoms. The Morgan fingerprint density at radius 3 is 2.28 bits per heavy atom. The van der Waals surface area contributed by atoms with Crippen molar-refractivity contribution in [3.8, 4) is 16.9 Å². The molecular formula is C25H29N5O2. The van der Waals surface area contributed by atoms with Crippen molar-refractivity contribution >= 4 is 17.5 Å². The van der Waals surface area contributed by atoms with E-state index in [2.05, 4.69) is 44.5 Å². The molecule has 0 unspecified atom stereocenters. The van der Waals surface area contributed by atoms with Crippen LogP contribution < -0.4 is 15.8 Å². The third kappa shape index (κ3) is 5.62. The van der Waals surface area contributed by atoms with E-state index in [-0.39, 0.29) is 11.8 Å². The highest BCUT2D eigenvalue weighted by Gasteiger charge is 2.22. The van der Waals surface area contributed by atoms with Gasteiger partial charge in [-0.2, -0.15) is 0 Å². The van der Waals surface area contributed by atoms with Crippen molar-refractivity contribution in [2.75, 3.05) is 32.1 Å². The summed E-state index contributed by atoms with van der Waals surface area (Å²) in [5.74, 6) is 1.27. The second-order valence-electron chi connectivity index (χ2n) is 8.11. The Hall–Kier alpha value is -3.45. The number of ether oxygens (including phenoxy) is 1. The van der Waals surface area contributed by atoms with Gasteiger partial charge < -0.3 is 20.7 Å². The highest BCUT2D eigenvalue weighted by Crippen LogP contribution is 2.22. The van der Waals surface area contributed by atoms with Crippen LogP contribution in [0.15, 0.2) is 60.9 Å². The second kappa shape index (κ2) is 10.2. The quantitative estimate of drug-likeness (QED) is 0.566. The molecule has 1 aromatic heterocycles. The molecular weight excluding hydrogens is 402 g/mol. The highest BCUT2D eigenvalue weighted by atomic mass is 16.5. The maximum absolute atomic E-state index is 11.3. The fourth-order valence-corrected chi connectivity index (χ4v) is 3.94. The van der Waals surface area contributed by atoms with E-state index >= 15 is 0 Å². The van der Waals surface area contributed by atoms with E-state index in [1.54, 1.807) is 7.11 Å².